The highest BCUT2D eigenvalue weighted by molar-refractivity contribution is 9.10. The molecule has 17 heavy (non-hydrogen) atoms. The minimum atomic E-state index is -0.730. The number of likely N-dealkylation sites (N-methyl/N-ethyl adjacent to an activating group) is 1. The molecule has 0 heterocycles. The number of halogens is 2. The highest BCUT2D eigenvalue weighted by atomic mass is 79.9. The van der Waals surface area contributed by atoms with Crippen LogP contribution in [0.3, 0.4) is 0 Å². The molecule has 1 amide bonds. The van der Waals surface area contributed by atoms with E-state index in [2.05, 4.69) is 15.9 Å². The summed E-state index contributed by atoms with van der Waals surface area (Å²) >= 11 is 3.04. The van der Waals surface area contributed by atoms with Gasteiger partial charge in [0.15, 0.2) is 0 Å². The van der Waals surface area contributed by atoms with Crippen LogP contribution in [-0.2, 0) is 0 Å². The van der Waals surface area contributed by atoms with Gasteiger partial charge in [0.25, 0.3) is 5.91 Å². The van der Waals surface area contributed by atoms with E-state index >= 15 is 0 Å². The van der Waals surface area contributed by atoms with E-state index in [0.29, 0.717) is 0 Å². The summed E-state index contributed by atoms with van der Waals surface area (Å²) in [7, 11) is 1.54. The molecule has 1 aromatic carbocycles. The molecule has 0 spiro atoms. The highest BCUT2D eigenvalue weighted by Gasteiger charge is 2.29. The number of aliphatic hydroxyl groups is 1. The fraction of sp³-hybridized carbons (Fsp3) is 0.417. The van der Waals surface area contributed by atoms with Gasteiger partial charge in [0.1, 0.15) is 5.82 Å². The summed E-state index contributed by atoms with van der Waals surface area (Å²) in [5.41, 5.74) is -0.741. The van der Waals surface area contributed by atoms with Crippen LogP contribution in [-0.4, -0.2) is 35.1 Å². The second-order valence-corrected chi connectivity index (χ2v) is 5.29. The van der Waals surface area contributed by atoms with E-state index in [0.717, 1.165) is 0 Å². The number of nitrogens with zero attached hydrogens (tertiary/aromatic N) is 1. The monoisotopic (exact) mass is 303 g/mol. The van der Waals surface area contributed by atoms with Crippen LogP contribution in [0.1, 0.15) is 24.2 Å². The zero-order valence-corrected chi connectivity index (χ0v) is 11.6. The molecule has 1 aromatic rings. The molecule has 0 unspecified atom stereocenters. The number of carbonyl (C=O) groups excluding carboxylic acids is 1. The number of hydrogen-bond donors (Lipinski definition) is 1. The minimum absolute atomic E-state index is 0.0107. The fourth-order valence-electron chi connectivity index (χ4n) is 1.23. The molecule has 0 aliphatic heterocycles. The molecule has 5 heteroatoms. The molecule has 0 saturated heterocycles. The van der Waals surface area contributed by atoms with E-state index in [9.17, 15) is 14.3 Å². The molecule has 0 bridgehead atoms. The molecule has 3 nitrogen and oxygen atoms in total. The predicted octanol–water partition coefficient (Wildman–Crippen LogP) is 2.43. The lowest BCUT2D eigenvalue weighted by molar-refractivity contribution is 0.0469. The zero-order valence-electron chi connectivity index (χ0n) is 10.00. The van der Waals surface area contributed by atoms with Crippen molar-refractivity contribution in [2.45, 2.75) is 19.4 Å². The SMILES string of the molecule is CN(C(=O)c1cccc(Br)c1F)C(C)(C)CO. The summed E-state index contributed by atoms with van der Waals surface area (Å²) in [5, 5.41) is 9.19. The first-order chi connectivity index (χ1) is 7.81. The van der Waals surface area contributed by atoms with Crippen LogP contribution in [0.4, 0.5) is 4.39 Å². The Morgan fingerprint density at radius 3 is 2.65 bits per heavy atom. The molecule has 0 saturated carbocycles. The lowest BCUT2D eigenvalue weighted by Crippen LogP contribution is -2.47. The van der Waals surface area contributed by atoms with Crippen LogP contribution in [0, 0.1) is 5.82 Å². The van der Waals surface area contributed by atoms with Crippen LogP contribution in [0.25, 0.3) is 0 Å². The molecule has 0 radical (unpaired) electrons. The van der Waals surface area contributed by atoms with Crippen molar-refractivity contribution in [3.63, 3.8) is 0 Å². The van der Waals surface area contributed by atoms with Gasteiger partial charge in [-0.05, 0) is 41.9 Å². The van der Waals surface area contributed by atoms with Gasteiger partial charge in [-0.1, -0.05) is 6.07 Å². The number of hydrogen-bond acceptors (Lipinski definition) is 2. The highest BCUT2D eigenvalue weighted by Crippen LogP contribution is 2.22. The van der Waals surface area contributed by atoms with Gasteiger partial charge in [-0.3, -0.25) is 4.79 Å². The van der Waals surface area contributed by atoms with Crippen molar-refractivity contribution in [1.82, 2.24) is 4.90 Å². The van der Waals surface area contributed by atoms with Crippen LogP contribution < -0.4 is 0 Å². The third-order valence-corrected chi connectivity index (χ3v) is 3.39. The van der Waals surface area contributed by atoms with Gasteiger partial charge in [0.2, 0.25) is 0 Å². The first-order valence-electron chi connectivity index (χ1n) is 5.14. The Morgan fingerprint density at radius 1 is 1.53 bits per heavy atom. The van der Waals surface area contributed by atoms with E-state index < -0.39 is 17.3 Å². The summed E-state index contributed by atoms with van der Waals surface area (Å²) < 4.78 is 14.0. The third-order valence-electron chi connectivity index (χ3n) is 2.78. The van der Waals surface area contributed by atoms with E-state index in [1.165, 1.54) is 17.0 Å². The average Bonchev–Trinajstić information content (AvgIpc) is 2.30. The maximum atomic E-state index is 13.7. The second kappa shape index (κ2) is 5.14. The number of carbonyl (C=O) groups is 1. The van der Waals surface area contributed by atoms with Gasteiger partial charge >= 0.3 is 0 Å². The summed E-state index contributed by atoms with van der Waals surface area (Å²) in [4.78, 5) is 13.4. The van der Waals surface area contributed by atoms with Crippen LogP contribution in [0.5, 0.6) is 0 Å². The number of rotatable bonds is 3. The Kier molecular flexibility index (Phi) is 4.27. The molecule has 0 aromatic heterocycles. The Hall–Kier alpha value is -0.940. The van der Waals surface area contributed by atoms with Crippen molar-refractivity contribution in [2.75, 3.05) is 13.7 Å². The lowest BCUT2D eigenvalue weighted by Gasteiger charge is -2.34. The molecule has 94 valence electrons. The normalized spacial score (nSPS) is 11.4. The Bertz CT molecular complexity index is 435. The van der Waals surface area contributed by atoms with Crippen molar-refractivity contribution in [2.24, 2.45) is 0 Å². The Labute approximate surface area is 108 Å². The average molecular weight is 304 g/mol. The summed E-state index contributed by atoms with van der Waals surface area (Å²) in [6, 6.07) is 4.55. The van der Waals surface area contributed by atoms with Crippen LogP contribution >= 0.6 is 15.9 Å². The van der Waals surface area contributed by atoms with E-state index in [1.807, 2.05) is 0 Å². The van der Waals surface area contributed by atoms with Crippen molar-refractivity contribution in [1.29, 1.82) is 0 Å². The number of amides is 1. The lowest BCUT2D eigenvalue weighted by atomic mass is 10.0. The van der Waals surface area contributed by atoms with Gasteiger partial charge in [0, 0.05) is 7.05 Å². The maximum Gasteiger partial charge on any atom is 0.257 e. The van der Waals surface area contributed by atoms with E-state index in [4.69, 9.17) is 0 Å². The zero-order chi connectivity index (χ0) is 13.2. The molecule has 1 N–H and O–H groups in total. The second-order valence-electron chi connectivity index (χ2n) is 4.44. The van der Waals surface area contributed by atoms with Gasteiger partial charge in [-0.15, -0.1) is 0 Å². The van der Waals surface area contributed by atoms with E-state index in [1.54, 1.807) is 27.0 Å². The van der Waals surface area contributed by atoms with Crippen molar-refractivity contribution in [3.05, 3.63) is 34.1 Å². The number of benzene rings is 1. The summed E-state index contributed by atoms with van der Waals surface area (Å²) in [5.74, 6) is -1.04. The van der Waals surface area contributed by atoms with Gasteiger partial charge < -0.3 is 10.0 Å². The van der Waals surface area contributed by atoms with Gasteiger partial charge in [-0.25, -0.2) is 4.39 Å². The van der Waals surface area contributed by atoms with Gasteiger partial charge in [-0.2, -0.15) is 0 Å². The quantitative estimate of drug-likeness (QED) is 0.932. The molecule has 1 rings (SSSR count). The Morgan fingerprint density at radius 2 is 2.12 bits per heavy atom. The third kappa shape index (κ3) is 2.84. The summed E-state index contributed by atoms with van der Waals surface area (Å²) in [6.07, 6.45) is 0. The maximum absolute atomic E-state index is 13.7. The fourth-order valence-corrected chi connectivity index (χ4v) is 1.60. The molecule has 0 aliphatic rings. The number of aliphatic hydroxyl groups excluding tert-OH is 1. The molecule has 0 aliphatic carbocycles. The van der Waals surface area contributed by atoms with E-state index in [-0.39, 0.29) is 16.6 Å². The largest absolute Gasteiger partial charge is 0.394 e. The van der Waals surface area contributed by atoms with Crippen molar-refractivity contribution in [3.8, 4) is 0 Å². The standard InChI is InChI=1S/C12H15BrFNO2/c1-12(2,7-16)15(3)11(17)8-5-4-6-9(13)10(8)14/h4-6,16H,7H2,1-3H3. The molecule has 0 fully saturated rings. The molecule has 0 atom stereocenters. The molecular weight excluding hydrogens is 289 g/mol. The molecular formula is C12H15BrFNO2. The predicted molar refractivity (Wildman–Crippen MR) is 67.4 cm³/mol. The first kappa shape index (κ1) is 14.1. The van der Waals surface area contributed by atoms with Crippen LogP contribution in [0.2, 0.25) is 0 Å². The van der Waals surface area contributed by atoms with Crippen molar-refractivity contribution < 1.29 is 14.3 Å². The first-order valence-corrected chi connectivity index (χ1v) is 5.93. The van der Waals surface area contributed by atoms with Crippen LogP contribution in [0.15, 0.2) is 22.7 Å². The topological polar surface area (TPSA) is 40.5 Å². The smallest absolute Gasteiger partial charge is 0.257 e. The minimum Gasteiger partial charge on any atom is -0.394 e. The van der Waals surface area contributed by atoms with Crippen molar-refractivity contribution >= 4 is 21.8 Å². The van der Waals surface area contributed by atoms with Gasteiger partial charge in [0.05, 0.1) is 22.2 Å². The summed E-state index contributed by atoms with van der Waals surface area (Å²) in [6.45, 7) is 3.23. The Balaban J connectivity index is 3.09.